The van der Waals surface area contributed by atoms with E-state index in [0.717, 1.165) is 17.0 Å². The molecule has 3 aromatic rings. The zero-order valence-corrected chi connectivity index (χ0v) is 15.8. The van der Waals surface area contributed by atoms with Crippen molar-refractivity contribution >= 4 is 23.4 Å². The van der Waals surface area contributed by atoms with Gasteiger partial charge in [0.1, 0.15) is 5.75 Å². The Morgan fingerprint density at radius 1 is 1.15 bits per heavy atom. The van der Waals surface area contributed by atoms with Crippen molar-refractivity contribution in [1.82, 2.24) is 9.97 Å². The number of amides is 1. The van der Waals surface area contributed by atoms with E-state index in [1.54, 1.807) is 19.1 Å². The molecule has 1 heterocycles. The lowest BCUT2D eigenvalue weighted by molar-refractivity contribution is -0.115. The van der Waals surface area contributed by atoms with Crippen molar-refractivity contribution in [3.8, 4) is 17.0 Å². The lowest BCUT2D eigenvalue weighted by atomic mass is 10.1. The summed E-state index contributed by atoms with van der Waals surface area (Å²) in [6.45, 7) is 0. The van der Waals surface area contributed by atoms with Gasteiger partial charge in [-0.05, 0) is 36.4 Å². The highest BCUT2D eigenvalue weighted by Crippen LogP contribution is 2.22. The first-order valence-electron chi connectivity index (χ1n) is 8.27. The number of thioether (sulfide) groups is 1. The van der Waals surface area contributed by atoms with Crippen molar-refractivity contribution < 1.29 is 9.53 Å². The summed E-state index contributed by atoms with van der Waals surface area (Å²) in [5.41, 5.74) is 1.91. The number of methoxy groups -OCH3 is 1. The van der Waals surface area contributed by atoms with Gasteiger partial charge in [0.15, 0.2) is 5.16 Å². The summed E-state index contributed by atoms with van der Waals surface area (Å²) in [6.07, 6.45) is 0. The summed E-state index contributed by atoms with van der Waals surface area (Å²) in [5, 5.41) is 0.406. The molecule has 1 aromatic heterocycles. The predicted octanol–water partition coefficient (Wildman–Crippen LogP) is 3.20. The van der Waals surface area contributed by atoms with E-state index in [1.807, 2.05) is 54.6 Å². The summed E-state index contributed by atoms with van der Waals surface area (Å²) in [4.78, 5) is 33.1. The quantitative estimate of drug-likeness (QED) is 0.524. The van der Waals surface area contributed by atoms with Gasteiger partial charge in [0.05, 0.1) is 18.6 Å². The van der Waals surface area contributed by atoms with Crippen LogP contribution in [0.15, 0.2) is 70.6 Å². The molecule has 0 spiro atoms. The van der Waals surface area contributed by atoms with E-state index >= 15 is 0 Å². The Kier molecular flexibility index (Phi) is 5.93. The maximum Gasteiger partial charge on any atom is 0.252 e. The van der Waals surface area contributed by atoms with E-state index in [1.165, 1.54) is 17.8 Å². The molecule has 1 N–H and O–H groups in total. The van der Waals surface area contributed by atoms with Crippen molar-refractivity contribution in [2.75, 3.05) is 24.8 Å². The molecule has 0 saturated heterocycles. The molecule has 0 bridgehead atoms. The number of hydrogen-bond acceptors (Lipinski definition) is 5. The van der Waals surface area contributed by atoms with Gasteiger partial charge >= 0.3 is 0 Å². The Balaban J connectivity index is 1.72. The van der Waals surface area contributed by atoms with Gasteiger partial charge in [0.25, 0.3) is 5.56 Å². The SMILES string of the molecule is COc1ccc(-c2cc(=O)[nH]c(SCC(=O)N(C)c3ccccc3)n2)cc1. The van der Waals surface area contributed by atoms with Crippen LogP contribution in [0.2, 0.25) is 0 Å². The molecule has 0 fully saturated rings. The second-order valence-electron chi connectivity index (χ2n) is 5.74. The zero-order valence-electron chi connectivity index (χ0n) is 15.0. The van der Waals surface area contributed by atoms with Crippen LogP contribution in [-0.4, -0.2) is 35.8 Å². The number of carbonyl (C=O) groups excluding carboxylic acids is 1. The number of benzene rings is 2. The number of nitrogens with zero attached hydrogens (tertiary/aromatic N) is 2. The van der Waals surface area contributed by atoms with Crippen LogP contribution in [-0.2, 0) is 4.79 Å². The van der Waals surface area contributed by atoms with Crippen molar-refractivity contribution in [2.24, 2.45) is 0 Å². The molecule has 27 heavy (non-hydrogen) atoms. The predicted molar refractivity (Wildman–Crippen MR) is 107 cm³/mol. The first-order chi connectivity index (χ1) is 13.1. The molecule has 0 saturated carbocycles. The fourth-order valence-electron chi connectivity index (χ4n) is 2.44. The third-order valence-electron chi connectivity index (χ3n) is 3.96. The molecular formula is C20H19N3O3S. The van der Waals surface area contributed by atoms with E-state index in [9.17, 15) is 9.59 Å². The minimum atomic E-state index is -0.262. The number of ether oxygens (including phenoxy) is 1. The highest BCUT2D eigenvalue weighted by atomic mass is 32.2. The lowest BCUT2D eigenvalue weighted by Gasteiger charge is -2.16. The summed E-state index contributed by atoms with van der Waals surface area (Å²) in [5.74, 6) is 0.817. The number of para-hydroxylation sites is 1. The highest BCUT2D eigenvalue weighted by Gasteiger charge is 2.13. The van der Waals surface area contributed by atoms with Gasteiger partial charge in [-0.3, -0.25) is 9.59 Å². The molecule has 0 atom stereocenters. The lowest BCUT2D eigenvalue weighted by Crippen LogP contribution is -2.28. The van der Waals surface area contributed by atoms with Crippen LogP contribution in [0.5, 0.6) is 5.75 Å². The van der Waals surface area contributed by atoms with E-state index in [-0.39, 0.29) is 17.2 Å². The van der Waals surface area contributed by atoms with Crippen LogP contribution >= 0.6 is 11.8 Å². The van der Waals surface area contributed by atoms with Crippen molar-refractivity contribution in [2.45, 2.75) is 5.16 Å². The average Bonchev–Trinajstić information content (AvgIpc) is 2.71. The van der Waals surface area contributed by atoms with Crippen molar-refractivity contribution in [3.05, 3.63) is 71.0 Å². The first-order valence-corrected chi connectivity index (χ1v) is 9.25. The average molecular weight is 381 g/mol. The van der Waals surface area contributed by atoms with Crippen LogP contribution < -0.4 is 15.2 Å². The van der Waals surface area contributed by atoms with Crippen LogP contribution in [0.4, 0.5) is 5.69 Å². The molecule has 138 valence electrons. The Bertz CT molecular complexity index is 972. The number of aromatic nitrogens is 2. The minimum absolute atomic E-state index is 0.0799. The van der Waals surface area contributed by atoms with Gasteiger partial charge in [0.2, 0.25) is 5.91 Å². The molecule has 2 aromatic carbocycles. The minimum Gasteiger partial charge on any atom is -0.497 e. The molecule has 3 rings (SSSR count). The second-order valence-corrected chi connectivity index (χ2v) is 6.71. The Morgan fingerprint density at radius 3 is 2.52 bits per heavy atom. The summed E-state index contributed by atoms with van der Waals surface area (Å²) < 4.78 is 5.14. The number of anilines is 1. The molecule has 0 aliphatic heterocycles. The molecular weight excluding hydrogens is 362 g/mol. The maximum atomic E-state index is 12.4. The molecule has 1 amide bonds. The molecule has 0 unspecified atom stereocenters. The normalized spacial score (nSPS) is 10.4. The van der Waals surface area contributed by atoms with Crippen molar-refractivity contribution in [3.63, 3.8) is 0 Å². The van der Waals surface area contributed by atoms with E-state index in [2.05, 4.69) is 9.97 Å². The van der Waals surface area contributed by atoms with Crippen molar-refractivity contribution in [1.29, 1.82) is 0 Å². The van der Waals surface area contributed by atoms with Gasteiger partial charge in [-0.15, -0.1) is 0 Å². The Morgan fingerprint density at radius 2 is 1.85 bits per heavy atom. The van der Waals surface area contributed by atoms with Gasteiger partial charge in [-0.25, -0.2) is 4.98 Å². The van der Waals surface area contributed by atoms with Gasteiger partial charge in [0, 0.05) is 24.4 Å². The number of carbonyl (C=O) groups is 1. The number of hydrogen-bond donors (Lipinski definition) is 1. The Hall–Kier alpha value is -3.06. The van der Waals surface area contributed by atoms with Gasteiger partial charge in [-0.1, -0.05) is 30.0 Å². The van der Waals surface area contributed by atoms with E-state index in [0.29, 0.717) is 10.9 Å². The summed E-state index contributed by atoms with van der Waals surface area (Å²) in [7, 11) is 3.32. The number of H-pyrrole nitrogens is 1. The summed E-state index contributed by atoms with van der Waals surface area (Å²) >= 11 is 1.20. The molecule has 7 heteroatoms. The second kappa shape index (κ2) is 8.55. The first kappa shape index (κ1) is 18.7. The summed E-state index contributed by atoms with van der Waals surface area (Å²) in [6, 6.07) is 18.1. The zero-order chi connectivity index (χ0) is 19.2. The van der Waals surface area contributed by atoms with Crippen LogP contribution in [0.1, 0.15) is 0 Å². The monoisotopic (exact) mass is 381 g/mol. The maximum absolute atomic E-state index is 12.4. The van der Waals surface area contributed by atoms with E-state index < -0.39 is 0 Å². The largest absolute Gasteiger partial charge is 0.497 e. The third-order valence-corrected chi connectivity index (χ3v) is 4.81. The fourth-order valence-corrected chi connectivity index (χ4v) is 3.23. The number of nitrogens with one attached hydrogen (secondary N) is 1. The van der Waals surface area contributed by atoms with Crippen LogP contribution in [0, 0.1) is 0 Å². The highest BCUT2D eigenvalue weighted by molar-refractivity contribution is 7.99. The third kappa shape index (κ3) is 4.77. The fraction of sp³-hybridized carbons (Fsp3) is 0.150. The molecule has 0 aliphatic rings. The standard InChI is InChI=1S/C20H19N3O3S/c1-23(15-6-4-3-5-7-15)19(25)13-27-20-21-17(12-18(24)22-20)14-8-10-16(26-2)11-9-14/h3-12H,13H2,1-2H3,(H,21,22,24). The number of rotatable bonds is 6. The Labute approximate surface area is 161 Å². The van der Waals surface area contributed by atoms with Gasteiger partial charge in [-0.2, -0.15) is 0 Å². The molecule has 0 aliphatic carbocycles. The smallest absolute Gasteiger partial charge is 0.252 e. The number of aromatic amines is 1. The topological polar surface area (TPSA) is 75.3 Å². The van der Waals surface area contributed by atoms with E-state index in [4.69, 9.17) is 4.74 Å². The van der Waals surface area contributed by atoms with Gasteiger partial charge < -0.3 is 14.6 Å². The van der Waals surface area contributed by atoms with Crippen LogP contribution in [0.3, 0.4) is 0 Å². The van der Waals surface area contributed by atoms with Crippen LogP contribution in [0.25, 0.3) is 11.3 Å². The molecule has 6 nitrogen and oxygen atoms in total. The molecule has 0 radical (unpaired) electrons.